The van der Waals surface area contributed by atoms with Crippen molar-refractivity contribution in [2.24, 2.45) is 5.73 Å². The van der Waals surface area contributed by atoms with Gasteiger partial charge in [-0.1, -0.05) is 6.07 Å². The van der Waals surface area contributed by atoms with Crippen molar-refractivity contribution in [3.8, 4) is 11.5 Å². The number of benzene rings is 2. The number of amides is 1. The Morgan fingerprint density at radius 3 is 2.45 bits per heavy atom. The minimum absolute atomic E-state index is 0.163. The lowest BCUT2D eigenvalue weighted by Crippen LogP contribution is -2.54. The first-order valence-corrected chi connectivity index (χ1v) is 9.45. The molecule has 0 aliphatic carbocycles. The molecule has 0 spiro atoms. The maximum atomic E-state index is 13.1. The molecule has 7 nitrogen and oxygen atoms in total. The number of carboxylic acid groups (broad SMARTS) is 1. The SMILES string of the molecule is COc1ccc2c(c1)CN(C(=O)C(N)Cc1c(C)cc(O)cc1C)[C@H](C(=O)O)C2. The molecule has 1 unspecified atom stereocenters. The van der Waals surface area contributed by atoms with E-state index in [1.165, 1.54) is 4.90 Å². The highest BCUT2D eigenvalue weighted by molar-refractivity contribution is 5.88. The molecule has 0 saturated heterocycles. The van der Waals surface area contributed by atoms with Crippen LogP contribution in [0.1, 0.15) is 27.8 Å². The monoisotopic (exact) mass is 398 g/mol. The fourth-order valence-corrected chi connectivity index (χ4v) is 3.95. The van der Waals surface area contributed by atoms with E-state index in [2.05, 4.69) is 0 Å². The van der Waals surface area contributed by atoms with Crippen molar-refractivity contribution in [1.29, 1.82) is 0 Å². The molecule has 0 saturated carbocycles. The number of ether oxygens (including phenoxy) is 1. The molecule has 2 aromatic rings. The van der Waals surface area contributed by atoms with Crippen LogP contribution in [-0.2, 0) is 29.0 Å². The summed E-state index contributed by atoms with van der Waals surface area (Å²) in [5, 5.41) is 19.4. The predicted molar refractivity (Wildman–Crippen MR) is 108 cm³/mol. The second-order valence-electron chi connectivity index (χ2n) is 7.53. The summed E-state index contributed by atoms with van der Waals surface area (Å²) < 4.78 is 5.25. The van der Waals surface area contributed by atoms with Gasteiger partial charge in [-0.05, 0) is 72.4 Å². The van der Waals surface area contributed by atoms with Crippen molar-refractivity contribution in [2.45, 2.75) is 45.3 Å². The second-order valence-corrected chi connectivity index (χ2v) is 7.53. The molecule has 0 fully saturated rings. The van der Waals surface area contributed by atoms with Crippen LogP contribution in [0.5, 0.6) is 11.5 Å². The minimum atomic E-state index is -1.05. The van der Waals surface area contributed by atoms with Gasteiger partial charge < -0.3 is 25.6 Å². The lowest BCUT2D eigenvalue weighted by molar-refractivity contribution is -0.152. The number of phenolic OH excluding ortho intramolecular Hbond substituents is 1. The lowest BCUT2D eigenvalue weighted by Gasteiger charge is -2.36. The molecule has 0 aromatic heterocycles. The molecule has 2 aromatic carbocycles. The highest BCUT2D eigenvalue weighted by Gasteiger charge is 2.36. The molecule has 1 heterocycles. The van der Waals surface area contributed by atoms with Gasteiger partial charge in [0.2, 0.25) is 5.91 Å². The Morgan fingerprint density at radius 1 is 1.21 bits per heavy atom. The van der Waals surface area contributed by atoms with E-state index in [1.54, 1.807) is 25.3 Å². The predicted octanol–water partition coefficient (Wildman–Crippen LogP) is 1.93. The normalized spacial score (nSPS) is 16.8. The number of carboxylic acids is 1. The van der Waals surface area contributed by atoms with E-state index in [9.17, 15) is 19.8 Å². The standard InChI is InChI=1S/C22H26N2O5/c1-12-6-16(25)7-13(2)18(12)10-19(23)21(26)24-11-15-8-17(29-3)5-4-14(15)9-20(24)22(27)28/h4-8,19-20,25H,9-11,23H2,1-3H3,(H,27,28)/t19?,20-/m0/s1. The quantitative estimate of drug-likeness (QED) is 0.709. The summed E-state index contributed by atoms with van der Waals surface area (Å²) in [6.07, 6.45) is 0.495. The number of methoxy groups -OCH3 is 1. The second kappa shape index (κ2) is 8.13. The summed E-state index contributed by atoms with van der Waals surface area (Å²) in [4.78, 5) is 26.3. The lowest BCUT2D eigenvalue weighted by atomic mass is 9.91. The van der Waals surface area contributed by atoms with E-state index in [1.807, 2.05) is 26.0 Å². The summed E-state index contributed by atoms with van der Waals surface area (Å²) in [5.74, 6) is -0.637. The van der Waals surface area contributed by atoms with Crippen LogP contribution in [0.25, 0.3) is 0 Å². The summed E-state index contributed by atoms with van der Waals surface area (Å²) in [7, 11) is 1.56. The number of aromatic hydroxyl groups is 1. The van der Waals surface area contributed by atoms with Crippen LogP contribution in [-0.4, -0.2) is 46.2 Å². The van der Waals surface area contributed by atoms with Crippen molar-refractivity contribution in [3.63, 3.8) is 0 Å². The van der Waals surface area contributed by atoms with Crippen LogP contribution in [0, 0.1) is 13.8 Å². The van der Waals surface area contributed by atoms with Crippen LogP contribution >= 0.6 is 0 Å². The van der Waals surface area contributed by atoms with Crippen LogP contribution < -0.4 is 10.5 Å². The number of hydrogen-bond donors (Lipinski definition) is 3. The van der Waals surface area contributed by atoms with Crippen LogP contribution in [0.2, 0.25) is 0 Å². The molecule has 4 N–H and O–H groups in total. The zero-order valence-corrected chi connectivity index (χ0v) is 16.8. The molecule has 154 valence electrons. The molecule has 3 rings (SSSR count). The fourth-order valence-electron chi connectivity index (χ4n) is 3.95. The van der Waals surface area contributed by atoms with Crippen LogP contribution in [0.15, 0.2) is 30.3 Å². The van der Waals surface area contributed by atoms with Gasteiger partial charge in [-0.2, -0.15) is 0 Å². The topological polar surface area (TPSA) is 113 Å². The van der Waals surface area contributed by atoms with E-state index in [4.69, 9.17) is 10.5 Å². The van der Waals surface area contributed by atoms with Crippen LogP contribution in [0.4, 0.5) is 0 Å². The first-order valence-electron chi connectivity index (χ1n) is 9.45. The molecule has 1 amide bonds. The summed E-state index contributed by atoms with van der Waals surface area (Å²) in [6, 6.07) is 6.87. The Labute approximate surface area is 169 Å². The first kappa shape index (κ1) is 20.7. The third-order valence-electron chi connectivity index (χ3n) is 5.53. The number of nitrogens with two attached hydrogens (primary N) is 1. The third-order valence-corrected chi connectivity index (χ3v) is 5.53. The number of aliphatic carboxylic acids is 1. The molecule has 29 heavy (non-hydrogen) atoms. The number of rotatable bonds is 5. The van der Waals surface area contributed by atoms with E-state index in [0.29, 0.717) is 5.75 Å². The van der Waals surface area contributed by atoms with E-state index >= 15 is 0 Å². The van der Waals surface area contributed by atoms with E-state index in [-0.39, 0.29) is 25.1 Å². The Morgan fingerprint density at radius 2 is 1.86 bits per heavy atom. The molecule has 2 atom stereocenters. The number of carbonyl (C=O) groups is 2. The van der Waals surface area contributed by atoms with Crippen molar-refractivity contribution < 1.29 is 24.5 Å². The Balaban J connectivity index is 1.86. The minimum Gasteiger partial charge on any atom is -0.508 e. The number of phenols is 1. The van der Waals surface area contributed by atoms with Gasteiger partial charge in [0, 0.05) is 13.0 Å². The molecule has 0 bridgehead atoms. The molecule has 1 aliphatic heterocycles. The number of nitrogens with zero attached hydrogens (tertiary/aromatic N) is 1. The fraction of sp³-hybridized carbons (Fsp3) is 0.364. The van der Waals surface area contributed by atoms with Gasteiger partial charge in [0.15, 0.2) is 0 Å². The molecular formula is C22H26N2O5. The Bertz CT molecular complexity index is 933. The summed E-state index contributed by atoms with van der Waals surface area (Å²) in [6.45, 7) is 3.87. The number of fused-ring (bicyclic) bond motifs is 1. The van der Waals surface area contributed by atoms with E-state index < -0.39 is 24.0 Å². The van der Waals surface area contributed by atoms with Crippen molar-refractivity contribution in [2.75, 3.05) is 7.11 Å². The van der Waals surface area contributed by atoms with Gasteiger partial charge in [-0.25, -0.2) is 4.79 Å². The van der Waals surface area contributed by atoms with Gasteiger partial charge in [-0.3, -0.25) is 4.79 Å². The summed E-state index contributed by atoms with van der Waals surface area (Å²) >= 11 is 0. The maximum Gasteiger partial charge on any atom is 0.326 e. The van der Waals surface area contributed by atoms with Crippen molar-refractivity contribution in [1.82, 2.24) is 4.90 Å². The number of aryl methyl sites for hydroxylation is 2. The molecule has 1 aliphatic rings. The highest BCUT2D eigenvalue weighted by atomic mass is 16.5. The van der Waals surface area contributed by atoms with Crippen LogP contribution in [0.3, 0.4) is 0 Å². The Hall–Kier alpha value is -3.06. The molecule has 0 radical (unpaired) electrons. The zero-order chi connectivity index (χ0) is 21.3. The molecular weight excluding hydrogens is 372 g/mol. The Kier molecular flexibility index (Phi) is 5.79. The van der Waals surface area contributed by atoms with E-state index in [0.717, 1.165) is 27.8 Å². The molecule has 7 heteroatoms. The largest absolute Gasteiger partial charge is 0.508 e. The summed E-state index contributed by atoms with van der Waals surface area (Å²) in [5.41, 5.74) is 10.5. The average Bonchev–Trinajstić information content (AvgIpc) is 2.68. The van der Waals surface area contributed by atoms with Crippen molar-refractivity contribution in [3.05, 3.63) is 58.1 Å². The zero-order valence-electron chi connectivity index (χ0n) is 16.8. The highest BCUT2D eigenvalue weighted by Crippen LogP contribution is 2.28. The average molecular weight is 398 g/mol. The smallest absolute Gasteiger partial charge is 0.326 e. The number of hydrogen-bond acceptors (Lipinski definition) is 5. The van der Waals surface area contributed by atoms with Gasteiger partial charge in [0.1, 0.15) is 17.5 Å². The van der Waals surface area contributed by atoms with Gasteiger partial charge >= 0.3 is 5.97 Å². The van der Waals surface area contributed by atoms with Crippen molar-refractivity contribution >= 4 is 11.9 Å². The third kappa shape index (κ3) is 4.19. The number of carbonyl (C=O) groups excluding carboxylic acids is 1. The van der Waals surface area contributed by atoms with Gasteiger partial charge in [-0.15, -0.1) is 0 Å². The van der Waals surface area contributed by atoms with Gasteiger partial charge in [0.05, 0.1) is 13.2 Å². The van der Waals surface area contributed by atoms with Gasteiger partial charge in [0.25, 0.3) is 0 Å². The maximum absolute atomic E-state index is 13.1. The first-order chi connectivity index (χ1) is 13.7.